The Labute approximate surface area is 332 Å². The van der Waals surface area contributed by atoms with Crippen molar-refractivity contribution in [2.24, 2.45) is 0 Å². The molecule has 8 aromatic carbocycles. The molecule has 11 rings (SSSR count). The minimum atomic E-state index is -0.494. The molecular formula is C55H36N2. The van der Waals surface area contributed by atoms with Crippen molar-refractivity contribution in [3.63, 3.8) is 0 Å². The lowest BCUT2D eigenvalue weighted by Gasteiger charge is -2.34. The fraction of sp³-hybridized carbons (Fsp3) is 0.0182. The molecule has 2 heteroatoms. The van der Waals surface area contributed by atoms with E-state index in [4.69, 9.17) is 4.98 Å². The molecule has 57 heavy (non-hydrogen) atoms. The number of aromatic nitrogens is 2. The van der Waals surface area contributed by atoms with E-state index in [0.717, 1.165) is 22.4 Å². The van der Waals surface area contributed by atoms with Crippen LogP contribution in [-0.4, -0.2) is 9.97 Å². The van der Waals surface area contributed by atoms with Gasteiger partial charge in [0, 0.05) is 29.7 Å². The molecule has 0 saturated heterocycles. The Kier molecular flexibility index (Phi) is 7.75. The first-order valence-electron chi connectivity index (χ1n) is 19.6. The third-order valence-electron chi connectivity index (χ3n) is 11.9. The molecule has 1 aliphatic rings. The van der Waals surface area contributed by atoms with Crippen LogP contribution in [0.15, 0.2) is 219 Å². The minimum absolute atomic E-state index is 0.494. The van der Waals surface area contributed by atoms with E-state index in [0.29, 0.717) is 0 Å². The third-order valence-corrected chi connectivity index (χ3v) is 11.9. The molecule has 0 fully saturated rings. The number of pyridine rings is 2. The molecular weight excluding hydrogens is 689 g/mol. The number of hydrogen-bond donors (Lipinski definition) is 0. The Morgan fingerprint density at radius 3 is 1.58 bits per heavy atom. The zero-order chi connectivity index (χ0) is 37.8. The van der Waals surface area contributed by atoms with Gasteiger partial charge in [0.05, 0.1) is 11.1 Å². The van der Waals surface area contributed by atoms with Gasteiger partial charge < -0.3 is 0 Å². The Balaban J connectivity index is 1.21. The van der Waals surface area contributed by atoms with Crippen molar-refractivity contribution in [2.75, 3.05) is 0 Å². The standard InChI is InChI=1S/C55H36N2/c1-4-14-38(15-5-1)53-46-21-10-11-22-47(46)54(49-34-39(24-28-48(49)53)52-29-26-41(36-57-52)37-30-32-56-33-31-37)40-25-27-45-44-20-12-13-23-50(44)55(51(45)35-40,42-16-6-2-7-17-42)43-18-8-3-9-19-43/h1-36H. The number of benzene rings is 8. The molecule has 2 aromatic heterocycles. The average molecular weight is 725 g/mol. The zero-order valence-corrected chi connectivity index (χ0v) is 31.2. The highest BCUT2D eigenvalue weighted by Gasteiger charge is 2.46. The van der Waals surface area contributed by atoms with Gasteiger partial charge in [-0.2, -0.15) is 0 Å². The fourth-order valence-electron chi connectivity index (χ4n) is 9.44. The summed E-state index contributed by atoms with van der Waals surface area (Å²) in [5.74, 6) is 0. The SMILES string of the molecule is c1ccc(-c2c3ccccc3c(-c3ccc4c(c3)C(c3ccccc3)(c3ccccc3)c3ccccc3-4)c3cc(-c4ccc(-c5ccncc5)cn4)ccc23)cc1. The summed E-state index contributed by atoms with van der Waals surface area (Å²) in [6, 6.07) is 73.3. The van der Waals surface area contributed by atoms with E-state index in [2.05, 4.69) is 193 Å². The molecule has 266 valence electrons. The molecule has 0 atom stereocenters. The quantitative estimate of drug-likeness (QED) is 0.160. The first-order valence-corrected chi connectivity index (χ1v) is 19.6. The Hall–Kier alpha value is -7.42. The van der Waals surface area contributed by atoms with Crippen LogP contribution >= 0.6 is 0 Å². The molecule has 0 aliphatic heterocycles. The maximum absolute atomic E-state index is 5.01. The molecule has 0 saturated carbocycles. The van der Waals surface area contributed by atoms with Gasteiger partial charge in [0.2, 0.25) is 0 Å². The molecule has 0 N–H and O–H groups in total. The van der Waals surface area contributed by atoms with Crippen LogP contribution in [-0.2, 0) is 5.41 Å². The fourth-order valence-corrected chi connectivity index (χ4v) is 9.44. The monoisotopic (exact) mass is 724 g/mol. The smallest absolute Gasteiger partial charge is 0.0713 e. The van der Waals surface area contributed by atoms with E-state index in [-0.39, 0.29) is 0 Å². The largest absolute Gasteiger partial charge is 0.265 e. The molecule has 0 spiro atoms. The van der Waals surface area contributed by atoms with Crippen LogP contribution < -0.4 is 0 Å². The van der Waals surface area contributed by atoms with E-state index in [1.165, 1.54) is 77.2 Å². The van der Waals surface area contributed by atoms with Crippen LogP contribution in [0.25, 0.3) is 77.3 Å². The summed E-state index contributed by atoms with van der Waals surface area (Å²) in [7, 11) is 0. The van der Waals surface area contributed by atoms with Crippen LogP contribution in [0.5, 0.6) is 0 Å². The summed E-state index contributed by atoms with van der Waals surface area (Å²) in [5.41, 5.74) is 16.2. The van der Waals surface area contributed by atoms with Crippen molar-refractivity contribution < 1.29 is 0 Å². The topological polar surface area (TPSA) is 25.8 Å². The van der Waals surface area contributed by atoms with E-state index in [9.17, 15) is 0 Å². The lowest BCUT2D eigenvalue weighted by Crippen LogP contribution is -2.28. The number of rotatable bonds is 6. The molecule has 0 radical (unpaired) electrons. The second-order valence-electron chi connectivity index (χ2n) is 14.9. The van der Waals surface area contributed by atoms with Gasteiger partial charge in [-0.25, -0.2) is 0 Å². The lowest BCUT2D eigenvalue weighted by atomic mass is 9.67. The van der Waals surface area contributed by atoms with Gasteiger partial charge in [-0.05, 0) is 113 Å². The Morgan fingerprint density at radius 1 is 0.333 bits per heavy atom. The van der Waals surface area contributed by atoms with Crippen LogP contribution in [0.3, 0.4) is 0 Å². The van der Waals surface area contributed by atoms with Gasteiger partial charge in [0.25, 0.3) is 0 Å². The van der Waals surface area contributed by atoms with Crippen molar-refractivity contribution in [1.82, 2.24) is 9.97 Å². The second-order valence-corrected chi connectivity index (χ2v) is 14.9. The highest BCUT2D eigenvalue weighted by atomic mass is 14.7. The molecule has 2 heterocycles. The highest BCUT2D eigenvalue weighted by molar-refractivity contribution is 6.22. The normalized spacial score (nSPS) is 12.7. The summed E-state index contributed by atoms with van der Waals surface area (Å²) in [6.45, 7) is 0. The van der Waals surface area contributed by atoms with Gasteiger partial charge in [-0.15, -0.1) is 0 Å². The molecule has 0 unspecified atom stereocenters. The maximum Gasteiger partial charge on any atom is 0.0713 e. The Morgan fingerprint density at radius 2 is 0.895 bits per heavy atom. The highest BCUT2D eigenvalue weighted by Crippen LogP contribution is 2.57. The summed E-state index contributed by atoms with van der Waals surface area (Å²) >= 11 is 0. The first kappa shape index (κ1) is 33.0. The predicted molar refractivity (Wildman–Crippen MR) is 236 cm³/mol. The second kappa shape index (κ2) is 13.4. The summed E-state index contributed by atoms with van der Waals surface area (Å²) in [5, 5.41) is 4.88. The summed E-state index contributed by atoms with van der Waals surface area (Å²) < 4.78 is 0. The molecule has 1 aliphatic carbocycles. The van der Waals surface area contributed by atoms with Crippen LogP contribution in [0.4, 0.5) is 0 Å². The van der Waals surface area contributed by atoms with Gasteiger partial charge >= 0.3 is 0 Å². The average Bonchev–Trinajstić information content (AvgIpc) is 3.59. The van der Waals surface area contributed by atoms with Gasteiger partial charge in [-0.1, -0.05) is 170 Å². The van der Waals surface area contributed by atoms with E-state index in [1.807, 2.05) is 30.7 Å². The van der Waals surface area contributed by atoms with Crippen molar-refractivity contribution in [3.8, 4) is 55.8 Å². The van der Waals surface area contributed by atoms with Crippen molar-refractivity contribution >= 4 is 21.5 Å². The van der Waals surface area contributed by atoms with Gasteiger partial charge in [-0.3, -0.25) is 9.97 Å². The van der Waals surface area contributed by atoms with Crippen LogP contribution in [0, 0.1) is 0 Å². The molecule has 2 nitrogen and oxygen atoms in total. The lowest BCUT2D eigenvalue weighted by molar-refractivity contribution is 0.769. The van der Waals surface area contributed by atoms with E-state index in [1.54, 1.807) is 0 Å². The maximum atomic E-state index is 5.01. The van der Waals surface area contributed by atoms with Crippen LogP contribution in [0.2, 0.25) is 0 Å². The number of fused-ring (bicyclic) bond motifs is 5. The molecule has 0 bridgehead atoms. The van der Waals surface area contributed by atoms with Gasteiger partial charge in [0.1, 0.15) is 0 Å². The molecule has 10 aromatic rings. The molecule has 0 amide bonds. The number of nitrogens with zero attached hydrogens (tertiary/aromatic N) is 2. The first-order chi connectivity index (χ1) is 28.3. The van der Waals surface area contributed by atoms with Gasteiger partial charge in [0.15, 0.2) is 0 Å². The van der Waals surface area contributed by atoms with Crippen molar-refractivity contribution in [1.29, 1.82) is 0 Å². The van der Waals surface area contributed by atoms with E-state index < -0.39 is 5.41 Å². The van der Waals surface area contributed by atoms with Crippen LogP contribution in [0.1, 0.15) is 22.3 Å². The van der Waals surface area contributed by atoms with Crippen molar-refractivity contribution in [2.45, 2.75) is 5.41 Å². The van der Waals surface area contributed by atoms with Crippen molar-refractivity contribution in [3.05, 3.63) is 241 Å². The Bertz CT molecular complexity index is 3040. The summed E-state index contributed by atoms with van der Waals surface area (Å²) in [6.07, 6.45) is 5.62. The zero-order valence-electron chi connectivity index (χ0n) is 31.2. The van der Waals surface area contributed by atoms with E-state index >= 15 is 0 Å². The minimum Gasteiger partial charge on any atom is -0.265 e. The number of hydrogen-bond acceptors (Lipinski definition) is 2. The summed E-state index contributed by atoms with van der Waals surface area (Å²) in [4.78, 5) is 9.21. The predicted octanol–water partition coefficient (Wildman–Crippen LogP) is 13.8. The third kappa shape index (κ3) is 5.18.